The zero-order valence-electron chi connectivity index (χ0n) is 14.5. The van der Waals surface area contributed by atoms with Crippen molar-refractivity contribution in [3.8, 4) is 5.75 Å². The molecular weight excluding hydrogens is 304 g/mol. The van der Waals surface area contributed by atoms with Crippen molar-refractivity contribution < 1.29 is 9.53 Å². The van der Waals surface area contributed by atoms with Crippen LogP contribution in [-0.4, -0.2) is 40.4 Å². The van der Waals surface area contributed by atoms with E-state index in [9.17, 15) is 4.79 Å². The highest BCUT2D eigenvalue weighted by atomic mass is 16.5. The maximum Gasteiger partial charge on any atom is 0.317 e. The molecule has 6 nitrogen and oxygen atoms in total. The second kappa shape index (κ2) is 6.95. The molecule has 0 unspecified atom stereocenters. The number of hydrogen-bond donors (Lipinski definition) is 1. The van der Waals surface area contributed by atoms with E-state index in [0.29, 0.717) is 32.8 Å². The fraction of sp³-hybridized carbons (Fsp3) is 0.444. The van der Waals surface area contributed by atoms with Crippen LogP contribution in [0.15, 0.2) is 24.3 Å². The third-order valence-electron chi connectivity index (χ3n) is 4.58. The van der Waals surface area contributed by atoms with Crippen molar-refractivity contribution in [1.82, 2.24) is 20.0 Å². The van der Waals surface area contributed by atoms with Gasteiger partial charge in [0.15, 0.2) is 0 Å². The van der Waals surface area contributed by atoms with E-state index >= 15 is 0 Å². The van der Waals surface area contributed by atoms with Crippen molar-refractivity contribution in [1.29, 1.82) is 0 Å². The van der Waals surface area contributed by atoms with E-state index in [2.05, 4.69) is 24.3 Å². The number of para-hydroxylation sites is 1. The van der Waals surface area contributed by atoms with Crippen LogP contribution in [0.25, 0.3) is 0 Å². The molecule has 0 aliphatic carbocycles. The third kappa shape index (κ3) is 3.37. The largest absolute Gasteiger partial charge is 0.491 e. The Morgan fingerprint density at radius 2 is 2.08 bits per heavy atom. The molecule has 0 fully saturated rings. The minimum absolute atomic E-state index is 0.0615. The van der Waals surface area contributed by atoms with Crippen molar-refractivity contribution in [3.63, 3.8) is 0 Å². The van der Waals surface area contributed by atoms with Gasteiger partial charge in [-0.1, -0.05) is 18.2 Å². The lowest BCUT2D eigenvalue weighted by Crippen LogP contribution is -2.41. The molecule has 2 aromatic rings. The number of carbonyl (C=O) groups excluding carboxylic acids is 1. The van der Waals surface area contributed by atoms with Crippen molar-refractivity contribution in [2.45, 2.75) is 33.9 Å². The zero-order valence-corrected chi connectivity index (χ0v) is 14.5. The summed E-state index contributed by atoms with van der Waals surface area (Å²) in [7, 11) is 0. The summed E-state index contributed by atoms with van der Waals surface area (Å²) in [5.41, 5.74) is 4.45. The first-order valence-electron chi connectivity index (χ1n) is 8.30. The number of benzene rings is 1. The van der Waals surface area contributed by atoms with Crippen molar-refractivity contribution in [2.24, 2.45) is 0 Å². The molecule has 0 spiro atoms. The fourth-order valence-corrected chi connectivity index (χ4v) is 2.88. The number of carbonyl (C=O) groups is 1. The Bertz CT molecular complexity index is 739. The van der Waals surface area contributed by atoms with Crippen LogP contribution in [0.3, 0.4) is 0 Å². The third-order valence-corrected chi connectivity index (χ3v) is 4.58. The van der Waals surface area contributed by atoms with Crippen molar-refractivity contribution in [3.05, 3.63) is 46.8 Å². The summed E-state index contributed by atoms with van der Waals surface area (Å²) in [5, 5.41) is 7.48. The number of urea groups is 1. The minimum atomic E-state index is -0.0615. The van der Waals surface area contributed by atoms with E-state index in [0.717, 1.165) is 22.7 Å². The molecule has 2 amide bonds. The first-order valence-corrected chi connectivity index (χ1v) is 8.30. The Balaban J connectivity index is 1.56. The molecule has 1 N–H and O–H groups in total. The number of amides is 2. The highest BCUT2D eigenvalue weighted by molar-refractivity contribution is 5.74. The fourth-order valence-electron chi connectivity index (χ4n) is 2.88. The van der Waals surface area contributed by atoms with Crippen LogP contribution >= 0.6 is 0 Å². The zero-order chi connectivity index (χ0) is 17.1. The highest BCUT2D eigenvalue weighted by Gasteiger charge is 2.19. The summed E-state index contributed by atoms with van der Waals surface area (Å²) >= 11 is 0. The van der Waals surface area contributed by atoms with Gasteiger partial charge in [0.1, 0.15) is 12.4 Å². The number of fused-ring (bicyclic) bond motifs is 1. The molecule has 1 aromatic carbocycles. The average molecular weight is 328 g/mol. The summed E-state index contributed by atoms with van der Waals surface area (Å²) in [5.74, 6) is 0.867. The normalized spacial score (nSPS) is 13.9. The molecule has 128 valence electrons. The number of aryl methyl sites for hydroxylation is 1. The summed E-state index contributed by atoms with van der Waals surface area (Å²) in [6.07, 6.45) is 0. The monoisotopic (exact) mass is 328 g/mol. The molecule has 1 aliphatic heterocycles. The Hall–Kier alpha value is -2.50. The topological polar surface area (TPSA) is 59.4 Å². The quantitative estimate of drug-likeness (QED) is 0.941. The van der Waals surface area contributed by atoms with Crippen LogP contribution in [0, 0.1) is 20.8 Å². The molecule has 0 saturated carbocycles. The molecule has 2 heterocycles. The molecule has 1 aliphatic rings. The molecule has 1 aromatic heterocycles. The number of rotatable bonds is 3. The van der Waals surface area contributed by atoms with E-state index in [4.69, 9.17) is 4.74 Å². The predicted molar refractivity (Wildman–Crippen MR) is 92.2 cm³/mol. The maximum absolute atomic E-state index is 12.4. The maximum atomic E-state index is 12.4. The van der Waals surface area contributed by atoms with Crippen LogP contribution < -0.4 is 10.1 Å². The van der Waals surface area contributed by atoms with Gasteiger partial charge in [0, 0.05) is 17.8 Å². The van der Waals surface area contributed by atoms with Crippen LogP contribution in [0.4, 0.5) is 4.79 Å². The van der Waals surface area contributed by atoms with Crippen molar-refractivity contribution in [2.75, 3.05) is 19.7 Å². The van der Waals surface area contributed by atoms with E-state index in [1.807, 2.05) is 35.9 Å². The molecule has 24 heavy (non-hydrogen) atoms. The molecule has 0 radical (unpaired) electrons. The Labute approximate surface area is 142 Å². The van der Waals surface area contributed by atoms with Gasteiger partial charge in [-0.3, -0.25) is 4.68 Å². The number of hydrogen-bond acceptors (Lipinski definition) is 3. The van der Waals surface area contributed by atoms with Gasteiger partial charge in [0.05, 0.1) is 25.3 Å². The Morgan fingerprint density at radius 3 is 2.83 bits per heavy atom. The minimum Gasteiger partial charge on any atom is -0.491 e. The van der Waals surface area contributed by atoms with E-state index in [1.54, 1.807) is 4.90 Å². The van der Waals surface area contributed by atoms with Gasteiger partial charge >= 0.3 is 6.03 Å². The second-order valence-corrected chi connectivity index (χ2v) is 6.13. The number of ether oxygens (including phenoxy) is 1. The van der Waals surface area contributed by atoms with Crippen LogP contribution in [-0.2, 0) is 13.1 Å². The number of nitrogens with one attached hydrogen (secondary N) is 1. The molecule has 0 bridgehead atoms. The summed E-state index contributed by atoms with van der Waals surface area (Å²) < 4.78 is 7.65. The molecule has 3 rings (SSSR count). The van der Waals surface area contributed by atoms with Gasteiger partial charge < -0.3 is 15.0 Å². The smallest absolute Gasteiger partial charge is 0.317 e. The standard InChI is InChI=1S/C18H24N4O2/c1-13-14(2)20-22(15(13)3)9-8-19-18(23)21-10-11-24-17-7-5-4-6-16(17)12-21/h4-7H,8-12H2,1-3H3,(H,19,23). The average Bonchev–Trinajstić information content (AvgIpc) is 2.77. The predicted octanol–water partition coefficient (Wildman–Crippen LogP) is 2.41. The van der Waals surface area contributed by atoms with Crippen molar-refractivity contribution >= 4 is 6.03 Å². The van der Waals surface area contributed by atoms with Gasteiger partial charge in [-0.15, -0.1) is 0 Å². The first-order chi connectivity index (χ1) is 11.6. The van der Waals surface area contributed by atoms with Gasteiger partial charge in [0.25, 0.3) is 0 Å². The molecule has 6 heteroatoms. The SMILES string of the molecule is Cc1nn(CCNC(=O)N2CCOc3ccccc3C2)c(C)c1C. The first kappa shape index (κ1) is 16.4. The van der Waals surface area contributed by atoms with E-state index in [-0.39, 0.29) is 6.03 Å². The summed E-state index contributed by atoms with van der Waals surface area (Å²) in [6.45, 7) is 9.03. The highest BCUT2D eigenvalue weighted by Crippen LogP contribution is 2.22. The molecular formula is C18H24N4O2. The van der Waals surface area contributed by atoms with Crippen LogP contribution in [0.5, 0.6) is 5.75 Å². The van der Waals surface area contributed by atoms with Gasteiger partial charge in [-0.05, 0) is 32.4 Å². The van der Waals surface area contributed by atoms with E-state index < -0.39 is 0 Å². The molecule has 0 saturated heterocycles. The lowest BCUT2D eigenvalue weighted by atomic mass is 10.2. The summed E-state index contributed by atoms with van der Waals surface area (Å²) in [6, 6.07) is 7.80. The lowest BCUT2D eigenvalue weighted by molar-refractivity contribution is 0.187. The second-order valence-electron chi connectivity index (χ2n) is 6.13. The van der Waals surface area contributed by atoms with Crippen LogP contribution in [0.1, 0.15) is 22.5 Å². The number of nitrogens with zero attached hydrogens (tertiary/aromatic N) is 3. The van der Waals surface area contributed by atoms with Crippen LogP contribution in [0.2, 0.25) is 0 Å². The lowest BCUT2D eigenvalue weighted by Gasteiger charge is -2.20. The van der Waals surface area contributed by atoms with Gasteiger partial charge in [-0.25, -0.2) is 4.79 Å². The Kier molecular flexibility index (Phi) is 4.74. The summed E-state index contributed by atoms with van der Waals surface area (Å²) in [4.78, 5) is 14.2. The van der Waals surface area contributed by atoms with Gasteiger partial charge in [0.2, 0.25) is 0 Å². The number of aromatic nitrogens is 2. The van der Waals surface area contributed by atoms with Gasteiger partial charge in [-0.2, -0.15) is 5.10 Å². The Morgan fingerprint density at radius 1 is 1.29 bits per heavy atom. The van der Waals surface area contributed by atoms with E-state index in [1.165, 1.54) is 5.56 Å². The molecule has 0 atom stereocenters.